The van der Waals surface area contributed by atoms with E-state index in [1.54, 1.807) is 41.9 Å². The zero-order valence-corrected chi connectivity index (χ0v) is 14.0. The third kappa shape index (κ3) is 3.76. The van der Waals surface area contributed by atoms with Gasteiger partial charge >= 0.3 is 0 Å². The van der Waals surface area contributed by atoms with Gasteiger partial charge in [0.2, 0.25) is 0 Å². The summed E-state index contributed by atoms with van der Waals surface area (Å²) in [6.45, 7) is 0. The molecule has 0 spiro atoms. The number of amides is 2. The number of hydrogen-bond acceptors (Lipinski definition) is 5. The molecule has 0 saturated heterocycles. The van der Waals surface area contributed by atoms with Gasteiger partial charge in [0.25, 0.3) is 11.8 Å². The lowest BCUT2D eigenvalue weighted by atomic mass is 10.1. The minimum Gasteiger partial charge on any atom is -0.320 e. The normalized spacial score (nSPS) is 10.3. The molecule has 0 radical (unpaired) electrons. The number of benzene rings is 1. The quantitative estimate of drug-likeness (QED) is 0.723. The average Bonchev–Trinajstić information content (AvgIpc) is 3.20. The van der Waals surface area contributed by atoms with Crippen LogP contribution in [0.2, 0.25) is 5.02 Å². The molecule has 0 bridgehead atoms. The molecule has 3 aromatic rings. The van der Waals surface area contributed by atoms with Gasteiger partial charge in [-0.1, -0.05) is 17.7 Å². The summed E-state index contributed by atoms with van der Waals surface area (Å²) in [4.78, 5) is 29.1. The molecular formula is C15H10ClN3O2S2. The molecule has 23 heavy (non-hydrogen) atoms. The van der Waals surface area contributed by atoms with Crippen molar-refractivity contribution in [3.63, 3.8) is 0 Å². The van der Waals surface area contributed by atoms with E-state index < -0.39 is 0 Å². The molecule has 0 saturated carbocycles. The molecule has 0 fully saturated rings. The van der Waals surface area contributed by atoms with Crippen molar-refractivity contribution in [3.8, 4) is 0 Å². The Morgan fingerprint density at radius 2 is 1.91 bits per heavy atom. The van der Waals surface area contributed by atoms with Gasteiger partial charge < -0.3 is 5.32 Å². The van der Waals surface area contributed by atoms with E-state index in [2.05, 4.69) is 15.6 Å². The Kier molecular flexibility index (Phi) is 4.71. The third-order valence-corrected chi connectivity index (χ3v) is 4.66. The molecule has 0 aliphatic heterocycles. The highest BCUT2D eigenvalue weighted by atomic mass is 35.5. The second-order valence-electron chi connectivity index (χ2n) is 4.41. The first-order chi connectivity index (χ1) is 11.1. The highest BCUT2D eigenvalue weighted by Gasteiger charge is 2.16. The summed E-state index contributed by atoms with van der Waals surface area (Å²) in [5, 5.41) is 9.89. The van der Waals surface area contributed by atoms with Crippen molar-refractivity contribution in [1.82, 2.24) is 4.98 Å². The van der Waals surface area contributed by atoms with Crippen LogP contribution in [0.1, 0.15) is 20.0 Å². The lowest BCUT2D eigenvalue weighted by molar-refractivity contribution is 0.102. The van der Waals surface area contributed by atoms with Gasteiger partial charge in [-0.05, 0) is 29.6 Å². The number of nitrogens with zero attached hydrogens (tertiary/aromatic N) is 1. The van der Waals surface area contributed by atoms with Crippen molar-refractivity contribution in [2.75, 3.05) is 10.6 Å². The maximum absolute atomic E-state index is 12.4. The Bertz CT molecular complexity index is 833. The van der Waals surface area contributed by atoms with E-state index in [1.165, 1.54) is 22.7 Å². The van der Waals surface area contributed by atoms with Crippen molar-refractivity contribution in [2.24, 2.45) is 0 Å². The van der Waals surface area contributed by atoms with Crippen LogP contribution in [0.4, 0.5) is 10.8 Å². The molecule has 0 aliphatic rings. The summed E-state index contributed by atoms with van der Waals surface area (Å²) in [6, 6.07) is 8.20. The summed E-state index contributed by atoms with van der Waals surface area (Å²) in [7, 11) is 0. The second-order valence-corrected chi connectivity index (χ2v) is 6.69. The molecule has 0 atom stereocenters. The molecule has 2 N–H and O–H groups in total. The summed E-state index contributed by atoms with van der Waals surface area (Å²) in [5.74, 6) is -0.649. The molecule has 5 nitrogen and oxygen atoms in total. The minimum absolute atomic E-state index is 0.287. The van der Waals surface area contributed by atoms with Crippen LogP contribution >= 0.6 is 34.3 Å². The zero-order chi connectivity index (χ0) is 16.2. The van der Waals surface area contributed by atoms with Gasteiger partial charge in [0.05, 0.1) is 16.1 Å². The predicted octanol–water partition coefficient (Wildman–Crippen LogP) is 4.36. The SMILES string of the molecule is O=C(Nc1cc(Cl)ccc1C(=O)Nc1nccs1)c1cccs1. The van der Waals surface area contributed by atoms with E-state index in [0.717, 1.165) is 0 Å². The first-order valence-corrected chi connectivity index (χ1v) is 8.62. The minimum atomic E-state index is -0.363. The van der Waals surface area contributed by atoms with Gasteiger partial charge in [-0.2, -0.15) is 0 Å². The summed E-state index contributed by atoms with van der Waals surface area (Å²) < 4.78 is 0. The van der Waals surface area contributed by atoms with Crippen LogP contribution < -0.4 is 10.6 Å². The lowest BCUT2D eigenvalue weighted by Gasteiger charge is -2.10. The van der Waals surface area contributed by atoms with Gasteiger partial charge in [0.15, 0.2) is 5.13 Å². The molecule has 3 rings (SSSR count). The Labute approximate surface area is 145 Å². The van der Waals surface area contributed by atoms with Crippen LogP contribution in [0.5, 0.6) is 0 Å². The van der Waals surface area contributed by atoms with Gasteiger partial charge in [-0.25, -0.2) is 4.98 Å². The molecule has 2 amide bonds. The standard InChI is InChI=1S/C15H10ClN3O2S2/c16-9-3-4-10(13(20)19-15-17-5-7-23-15)11(8-9)18-14(21)12-2-1-6-22-12/h1-8H,(H,18,21)(H,17,19,20). The van der Waals surface area contributed by atoms with Gasteiger partial charge in [-0.3, -0.25) is 14.9 Å². The molecule has 2 heterocycles. The third-order valence-electron chi connectivity index (χ3n) is 2.87. The first kappa shape index (κ1) is 15.7. The first-order valence-electron chi connectivity index (χ1n) is 6.49. The highest BCUT2D eigenvalue weighted by molar-refractivity contribution is 7.13. The van der Waals surface area contributed by atoms with Gasteiger partial charge in [0, 0.05) is 16.6 Å². The number of rotatable bonds is 4. The lowest BCUT2D eigenvalue weighted by Crippen LogP contribution is -2.17. The fourth-order valence-electron chi connectivity index (χ4n) is 1.86. The number of thiazole rings is 1. The summed E-state index contributed by atoms with van der Waals surface area (Å²) >= 11 is 8.61. The molecule has 116 valence electrons. The monoisotopic (exact) mass is 363 g/mol. The van der Waals surface area contributed by atoms with Crippen molar-refractivity contribution in [3.05, 3.63) is 62.8 Å². The molecule has 1 aromatic carbocycles. The van der Waals surface area contributed by atoms with Crippen LogP contribution in [-0.2, 0) is 0 Å². The van der Waals surface area contributed by atoms with Crippen LogP contribution in [0, 0.1) is 0 Å². The smallest absolute Gasteiger partial charge is 0.265 e. The number of hydrogen-bond donors (Lipinski definition) is 2. The van der Waals surface area contributed by atoms with E-state index in [4.69, 9.17) is 11.6 Å². The second kappa shape index (κ2) is 6.91. The van der Waals surface area contributed by atoms with E-state index >= 15 is 0 Å². The number of anilines is 2. The Hall–Kier alpha value is -2.22. The Morgan fingerprint density at radius 1 is 1.04 bits per heavy atom. The maximum atomic E-state index is 12.4. The number of thiophene rings is 1. The fraction of sp³-hybridized carbons (Fsp3) is 0. The molecule has 0 aliphatic carbocycles. The predicted molar refractivity (Wildman–Crippen MR) is 93.8 cm³/mol. The molecule has 2 aromatic heterocycles. The van der Waals surface area contributed by atoms with E-state index in [9.17, 15) is 9.59 Å². The number of aromatic nitrogens is 1. The zero-order valence-electron chi connectivity index (χ0n) is 11.6. The van der Waals surface area contributed by atoms with Gasteiger partial charge in [0.1, 0.15) is 0 Å². The average molecular weight is 364 g/mol. The van der Waals surface area contributed by atoms with E-state index in [-0.39, 0.29) is 11.8 Å². The van der Waals surface area contributed by atoms with Crippen molar-refractivity contribution < 1.29 is 9.59 Å². The Balaban J connectivity index is 1.85. The number of carbonyl (C=O) groups is 2. The van der Waals surface area contributed by atoms with Crippen molar-refractivity contribution in [1.29, 1.82) is 0 Å². The van der Waals surface area contributed by atoms with Crippen LogP contribution in [0.15, 0.2) is 47.3 Å². The highest BCUT2D eigenvalue weighted by Crippen LogP contribution is 2.24. The number of nitrogens with one attached hydrogen (secondary N) is 2. The fourth-order valence-corrected chi connectivity index (χ4v) is 3.17. The van der Waals surface area contributed by atoms with Crippen molar-refractivity contribution >= 4 is 56.9 Å². The van der Waals surface area contributed by atoms with Crippen LogP contribution in [-0.4, -0.2) is 16.8 Å². The number of carbonyl (C=O) groups excluding carboxylic acids is 2. The van der Waals surface area contributed by atoms with Crippen molar-refractivity contribution in [2.45, 2.75) is 0 Å². The largest absolute Gasteiger partial charge is 0.320 e. The van der Waals surface area contributed by atoms with Gasteiger partial charge in [-0.15, -0.1) is 22.7 Å². The van der Waals surface area contributed by atoms with Crippen LogP contribution in [0.25, 0.3) is 0 Å². The topological polar surface area (TPSA) is 71.1 Å². The van der Waals surface area contributed by atoms with E-state index in [0.29, 0.717) is 26.3 Å². The molecule has 0 unspecified atom stereocenters. The Morgan fingerprint density at radius 3 is 2.61 bits per heavy atom. The van der Waals surface area contributed by atoms with E-state index in [1.807, 2.05) is 5.38 Å². The van der Waals surface area contributed by atoms with Crippen LogP contribution in [0.3, 0.4) is 0 Å². The molecular weight excluding hydrogens is 354 g/mol. The number of halogens is 1. The summed E-state index contributed by atoms with van der Waals surface area (Å²) in [5.41, 5.74) is 0.666. The molecule has 8 heteroatoms. The maximum Gasteiger partial charge on any atom is 0.265 e. The summed E-state index contributed by atoms with van der Waals surface area (Å²) in [6.07, 6.45) is 1.60.